The fourth-order valence-corrected chi connectivity index (χ4v) is 2.30. The van der Waals surface area contributed by atoms with Crippen LogP contribution in [0, 0.1) is 0 Å². The van der Waals surface area contributed by atoms with E-state index in [1.54, 1.807) is 0 Å². The van der Waals surface area contributed by atoms with E-state index in [1.165, 1.54) is 0 Å². The summed E-state index contributed by atoms with van der Waals surface area (Å²) in [4.78, 5) is 18.5. The number of nitrogens with zero attached hydrogens (tertiary/aromatic N) is 2. The molecule has 6 nitrogen and oxygen atoms in total. The van der Waals surface area contributed by atoms with Crippen molar-refractivity contribution in [3.05, 3.63) is 0 Å². The maximum atomic E-state index is 11.8. The summed E-state index contributed by atoms with van der Waals surface area (Å²) in [6.07, 6.45) is 2.20. The Hall–Kier alpha value is -0.570. The van der Waals surface area contributed by atoms with Gasteiger partial charge in [-0.05, 0) is 67.1 Å². The molecule has 0 saturated heterocycles. The number of hydrogen-bond donors (Lipinski definition) is 2. The number of carbonyl (C=O) groups is 1. The van der Waals surface area contributed by atoms with Crippen LogP contribution < -0.4 is 10.6 Å². The Balaban J connectivity index is 0. The second kappa shape index (κ2) is 14.6. The van der Waals surface area contributed by atoms with Gasteiger partial charge in [-0.25, -0.2) is 4.99 Å². The molecule has 7 heteroatoms. The summed E-state index contributed by atoms with van der Waals surface area (Å²) >= 11 is 0. The first kappa shape index (κ1) is 26.7. The topological polar surface area (TPSA) is 66.0 Å². The molecule has 0 aliphatic heterocycles. The molecule has 0 bridgehead atoms. The predicted molar refractivity (Wildman–Crippen MR) is 117 cm³/mol. The zero-order valence-electron chi connectivity index (χ0n) is 17.1. The van der Waals surface area contributed by atoms with Crippen molar-refractivity contribution in [3.63, 3.8) is 0 Å². The van der Waals surface area contributed by atoms with Crippen LogP contribution in [-0.4, -0.2) is 61.2 Å². The Labute approximate surface area is 171 Å². The minimum Gasteiger partial charge on any atom is -0.459 e. The predicted octanol–water partition coefficient (Wildman–Crippen LogP) is 3.01. The summed E-state index contributed by atoms with van der Waals surface area (Å²) in [7, 11) is 0. The van der Waals surface area contributed by atoms with Crippen LogP contribution in [0.15, 0.2) is 4.99 Å². The summed E-state index contributed by atoms with van der Waals surface area (Å²) in [5.41, 5.74) is -0.476. The molecular formula is C18H39IN4O2. The van der Waals surface area contributed by atoms with Gasteiger partial charge in [0.2, 0.25) is 0 Å². The molecule has 0 heterocycles. The molecule has 25 heavy (non-hydrogen) atoms. The van der Waals surface area contributed by atoms with E-state index in [1.807, 2.05) is 27.7 Å². The Morgan fingerprint density at radius 3 is 2.28 bits per heavy atom. The first-order chi connectivity index (χ1) is 11.2. The van der Waals surface area contributed by atoms with Gasteiger partial charge in [0, 0.05) is 12.6 Å². The third-order valence-electron chi connectivity index (χ3n) is 3.52. The van der Waals surface area contributed by atoms with Gasteiger partial charge >= 0.3 is 5.97 Å². The van der Waals surface area contributed by atoms with Crippen molar-refractivity contribution < 1.29 is 9.53 Å². The number of nitrogens with one attached hydrogen (secondary N) is 2. The molecular weight excluding hydrogens is 431 g/mol. The van der Waals surface area contributed by atoms with Gasteiger partial charge in [-0.3, -0.25) is 4.79 Å². The van der Waals surface area contributed by atoms with Crippen LogP contribution in [0.3, 0.4) is 0 Å². The van der Waals surface area contributed by atoms with Crippen LogP contribution >= 0.6 is 24.0 Å². The third-order valence-corrected chi connectivity index (χ3v) is 3.52. The van der Waals surface area contributed by atoms with Crippen LogP contribution in [-0.2, 0) is 9.53 Å². The molecule has 0 spiro atoms. The van der Waals surface area contributed by atoms with Crippen LogP contribution in [0.4, 0.5) is 0 Å². The van der Waals surface area contributed by atoms with E-state index in [2.05, 4.69) is 41.3 Å². The molecule has 0 fully saturated rings. The molecule has 0 aromatic rings. The molecule has 0 amide bonds. The van der Waals surface area contributed by atoms with Crippen molar-refractivity contribution in [2.24, 2.45) is 4.99 Å². The minimum atomic E-state index is -0.476. The van der Waals surface area contributed by atoms with Gasteiger partial charge in [0.25, 0.3) is 0 Å². The number of hydrogen-bond acceptors (Lipinski definition) is 4. The van der Waals surface area contributed by atoms with Gasteiger partial charge in [-0.1, -0.05) is 13.8 Å². The first-order valence-corrected chi connectivity index (χ1v) is 9.20. The third kappa shape index (κ3) is 15.4. The number of guanidine groups is 1. The van der Waals surface area contributed by atoms with Crippen LogP contribution in [0.5, 0.6) is 0 Å². The first-order valence-electron chi connectivity index (χ1n) is 9.20. The van der Waals surface area contributed by atoms with Crippen LogP contribution in [0.1, 0.15) is 61.3 Å². The molecule has 150 valence electrons. The minimum absolute atomic E-state index is 0. The summed E-state index contributed by atoms with van der Waals surface area (Å²) in [6.45, 7) is 18.2. The van der Waals surface area contributed by atoms with Crippen molar-refractivity contribution in [2.75, 3.05) is 32.7 Å². The van der Waals surface area contributed by atoms with Crippen LogP contribution in [0.2, 0.25) is 0 Å². The highest BCUT2D eigenvalue weighted by molar-refractivity contribution is 14.0. The summed E-state index contributed by atoms with van der Waals surface area (Å²) in [5, 5.41) is 6.53. The molecule has 0 aromatic carbocycles. The van der Waals surface area contributed by atoms with Crippen molar-refractivity contribution in [1.82, 2.24) is 15.5 Å². The number of aliphatic imine (C=N–C) groups is 1. The van der Waals surface area contributed by atoms with E-state index in [9.17, 15) is 4.79 Å². The molecule has 1 atom stereocenters. The quantitative estimate of drug-likeness (QED) is 0.223. The SMILES string of the molecule is CCNC(=NCC(=O)OC(C)(C)C)NC(C)CCCN(CC)CC.I. The molecule has 0 aliphatic carbocycles. The van der Waals surface area contributed by atoms with Crippen molar-refractivity contribution >= 4 is 35.9 Å². The largest absolute Gasteiger partial charge is 0.459 e. The highest BCUT2D eigenvalue weighted by Crippen LogP contribution is 2.06. The number of carbonyl (C=O) groups excluding carboxylic acids is 1. The molecule has 0 saturated carbocycles. The van der Waals surface area contributed by atoms with E-state index < -0.39 is 5.60 Å². The molecule has 0 radical (unpaired) electrons. The Morgan fingerprint density at radius 2 is 1.80 bits per heavy atom. The highest BCUT2D eigenvalue weighted by atomic mass is 127. The standard InChI is InChI=1S/C18H38N4O2.HI/c1-8-19-17(20-14-16(23)24-18(5,6)7)21-15(4)12-11-13-22(9-2)10-3;/h15H,8-14H2,1-7H3,(H2,19,20,21);1H. The van der Waals surface area contributed by atoms with Gasteiger partial charge in [0.05, 0.1) is 0 Å². The fraction of sp³-hybridized carbons (Fsp3) is 0.889. The number of esters is 1. The maximum Gasteiger partial charge on any atom is 0.328 e. The Bertz CT molecular complexity index is 380. The van der Waals surface area contributed by atoms with Gasteiger partial charge in [-0.15, -0.1) is 24.0 Å². The average molecular weight is 470 g/mol. The number of rotatable bonds is 10. The normalized spacial score (nSPS) is 13.2. The molecule has 1 unspecified atom stereocenters. The monoisotopic (exact) mass is 470 g/mol. The van der Waals surface area contributed by atoms with Crippen LogP contribution in [0.25, 0.3) is 0 Å². The Kier molecular flexibility index (Phi) is 15.6. The smallest absolute Gasteiger partial charge is 0.328 e. The molecule has 0 rings (SSSR count). The lowest BCUT2D eigenvalue weighted by atomic mass is 10.2. The lowest BCUT2D eigenvalue weighted by molar-refractivity contribution is -0.152. The van der Waals surface area contributed by atoms with E-state index in [-0.39, 0.29) is 36.5 Å². The van der Waals surface area contributed by atoms with E-state index in [0.717, 1.165) is 39.0 Å². The number of ether oxygens (including phenoxy) is 1. The zero-order valence-corrected chi connectivity index (χ0v) is 19.5. The number of halogens is 1. The maximum absolute atomic E-state index is 11.8. The second-order valence-electron chi connectivity index (χ2n) is 7.00. The summed E-state index contributed by atoms with van der Waals surface area (Å²) in [6, 6.07) is 0.303. The van der Waals surface area contributed by atoms with E-state index in [0.29, 0.717) is 12.0 Å². The Morgan fingerprint density at radius 1 is 1.20 bits per heavy atom. The summed E-state index contributed by atoms with van der Waals surface area (Å²) in [5.74, 6) is 0.354. The molecule has 2 N–H and O–H groups in total. The van der Waals surface area contributed by atoms with Gasteiger partial charge in [0.15, 0.2) is 5.96 Å². The van der Waals surface area contributed by atoms with Gasteiger partial charge < -0.3 is 20.3 Å². The van der Waals surface area contributed by atoms with E-state index >= 15 is 0 Å². The lowest BCUT2D eigenvalue weighted by Crippen LogP contribution is -2.43. The van der Waals surface area contributed by atoms with E-state index in [4.69, 9.17) is 4.74 Å². The van der Waals surface area contributed by atoms with Crippen molar-refractivity contribution in [3.8, 4) is 0 Å². The molecule has 0 aromatic heterocycles. The average Bonchev–Trinajstić information content (AvgIpc) is 2.48. The zero-order chi connectivity index (χ0) is 18.6. The second-order valence-corrected chi connectivity index (χ2v) is 7.00. The fourth-order valence-electron chi connectivity index (χ4n) is 2.30. The highest BCUT2D eigenvalue weighted by Gasteiger charge is 2.16. The van der Waals surface area contributed by atoms with Gasteiger partial charge in [-0.2, -0.15) is 0 Å². The lowest BCUT2D eigenvalue weighted by Gasteiger charge is -2.21. The molecule has 0 aliphatic rings. The summed E-state index contributed by atoms with van der Waals surface area (Å²) < 4.78 is 5.28. The van der Waals surface area contributed by atoms with Crippen molar-refractivity contribution in [2.45, 2.75) is 73.0 Å². The van der Waals surface area contributed by atoms with Gasteiger partial charge in [0.1, 0.15) is 12.1 Å². The van der Waals surface area contributed by atoms with Crippen molar-refractivity contribution in [1.29, 1.82) is 0 Å².